The number of thioether (sulfide) groups is 1. The lowest BCUT2D eigenvalue weighted by molar-refractivity contribution is -0.140. The van der Waals surface area contributed by atoms with Gasteiger partial charge in [-0.2, -0.15) is 0 Å². The molecule has 2 heterocycles. The van der Waals surface area contributed by atoms with Crippen LogP contribution in [0.4, 0.5) is 0 Å². The van der Waals surface area contributed by atoms with Gasteiger partial charge in [0.25, 0.3) is 0 Å². The van der Waals surface area contributed by atoms with Crippen LogP contribution in [0.15, 0.2) is 26.2 Å². The number of ether oxygens (including phenoxy) is 1. The van der Waals surface area contributed by atoms with Crippen LogP contribution in [0.2, 0.25) is 0 Å². The first-order chi connectivity index (χ1) is 8.60. The average Bonchev–Trinajstić information content (AvgIpc) is 2.77. The van der Waals surface area contributed by atoms with Gasteiger partial charge in [-0.3, -0.25) is 14.8 Å². The van der Waals surface area contributed by atoms with E-state index in [0.717, 1.165) is 25.4 Å². The molecule has 1 aromatic heterocycles. The Kier molecular flexibility index (Phi) is 4.80. The number of nitrogens with zero attached hydrogens (tertiary/aromatic N) is 2. The van der Waals surface area contributed by atoms with E-state index >= 15 is 0 Å². The molecule has 18 heavy (non-hydrogen) atoms. The normalized spacial score (nSPS) is 18.6. The largest absolute Gasteiger partial charge is 0.469 e. The number of halogens is 2. The second-order valence-corrected chi connectivity index (χ2v) is 6.44. The Hall–Kier alpha value is -0.400. The third kappa shape index (κ3) is 3.33. The van der Waals surface area contributed by atoms with E-state index in [0.29, 0.717) is 6.42 Å². The molecule has 1 atom stereocenters. The average molecular weight is 394 g/mol. The summed E-state index contributed by atoms with van der Waals surface area (Å²) in [5.41, 5.74) is 0.815. The van der Waals surface area contributed by atoms with Crippen LogP contribution in [0.25, 0.3) is 0 Å². The van der Waals surface area contributed by atoms with Crippen LogP contribution in [0.1, 0.15) is 12.1 Å². The molecular weight excluding hydrogens is 384 g/mol. The lowest BCUT2D eigenvalue weighted by Crippen LogP contribution is -2.12. The molecule has 1 unspecified atom stereocenters. The number of hydrogen-bond donors (Lipinski definition) is 0. The Bertz CT molecular complexity index is 508. The molecule has 0 radical (unpaired) electrons. The molecule has 0 saturated heterocycles. The molecule has 1 aliphatic heterocycles. The summed E-state index contributed by atoms with van der Waals surface area (Å²) in [5.74, 6) is 0.558. The minimum Gasteiger partial charge on any atom is -0.469 e. The first kappa shape index (κ1) is 14.0. The molecule has 0 amide bonds. The van der Waals surface area contributed by atoms with Crippen molar-refractivity contribution in [3.05, 3.63) is 26.9 Å². The van der Waals surface area contributed by atoms with Gasteiger partial charge in [0, 0.05) is 20.9 Å². The molecule has 4 nitrogen and oxygen atoms in total. The summed E-state index contributed by atoms with van der Waals surface area (Å²) >= 11 is 8.43. The molecule has 0 aliphatic carbocycles. The van der Waals surface area contributed by atoms with Crippen molar-refractivity contribution in [1.29, 1.82) is 0 Å². The molecule has 0 fully saturated rings. The molecule has 0 saturated carbocycles. The summed E-state index contributed by atoms with van der Waals surface area (Å²) in [7, 11) is 1.39. The Morgan fingerprint density at radius 2 is 2.39 bits per heavy atom. The Morgan fingerprint density at radius 3 is 3.06 bits per heavy atom. The number of esters is 1. The SMILES string of the molecule is COC(=O)CC1CSC(c2ncc(Br)cc2Br)=N1. The van der Waals surface area contributed by atoms with E-state index in [1.54, 1.807) is 18.0 Å². The van der Waals surface area contributed by atoms with Gasteiger partial charge in [-0.1, -0.05) is 0 Å². The minimum atomic E-state index is -0.228. The van der Waals surface area contributed by atoms with Crippen molar-refractivity contribution in [2.45, 2.75) is 12.5 Å². The molecular formula is C11H10Br2N2O2S. The number of hydrogen-bond acceptors (Lipinski definition) is 5. The van der Waals surface area contributed by atoms with Gasteiger partial charge in [0.2, 0.25) is 0 Å². The molecule has 0 N–H and O–H groups in total. The Morgan fingerprint density at radius 1 is 1.61 bits per heavy atom. The van der Waals surface area contributed by atoms with E-state index < -0.39 is 0 Å². The van der Waals surface area contributed by atoms with Crippen LogP contribution in [0, 0.1) is 0 Å². The Labute approximate surface area is 126 Å². The van der Waals surface area contributed by atoms with Gasteiger partial charge in [-0.15, -0.1) is 11.8 Å². The maximum Gasteiger partial charge on any atom is 0.307 e. The smallest absolute Gasteiger partial charge is 0.307 e. The van der Waals surface area contributed by atoms with Gasteiger partial charge in [-0.05, 0) is 37.9 Å². The van der Waals surface area contributed by atoms with Crippen molar-refractivity contribution in [2.75, 3.05) is 12.9 Å². The lowest BCUT2D eigenvalue weighted by atomic mass is 10.2. The molecule has 0 bridgehead atoms. The Balaban J connectivity index is 2.15. The second-order valence-electron chi connectivity index (χ2n) is 3.66. The van der Waals surface area contributed by atoms with E-state index in [2.05, 4.69) is 46.6 Å². The van der Waals surface area contributed by atoms with Crippen molar-refractivity contribution in [3.8, 4) is 0 Å². The maximum absolute atomic E-state index is 11.2. The summed E-state index contributed by atoms with van der Waals surface area (Å²) in [6.45, 7) is 0. The highest BCUT2D eigenvalue weighted by molar-refractivity contribution is 9.11. The summed E-state index contributed by atoms with van der Waals surface area (Å²) in [6, 6.07) is 1.91. The molecule has 0 spiro atoms. The minimum absolute atomic E-state index is 0.0187. The molecule has 1 aromatic rings. The molecule has 2 rings (SSSR count). The fraction of sp³-hybridized carbons (Fsp3) is 0.364. The standard InChI is InChI=1S/C11H10Br2N2O2S/c1-17-9(16)3-7-5-18-11(15-7)10-8(13)2-6(12)4-14-10/h2,4,7H,3,5H2,1H3. The fourth-order valence-electron chi connectivity index (χ4n) is 1.50. The highest BCUT2D eigenvalue weighted by atomic mass is 79.9. The van der Waals surface area contributed by atoms with E-state index in [9.17, 15) is 4.79 Å². The molecule has 96 valence electrons. The zero-order valence-corrected chi connectivity index (χ0v) is 13.5. The van der Waals surface area contributed by atoms with Gasteiger partial charge in [0.15, 0.2) is 0 Å². The third-order valence-electron chi connectivity index (χ3n) is 2.35. The van der Waals surface area contributed by atoms with Crippen LogP contribution in [0.5, 0.6) is 0 Å². The zero-order chi connectivity index (χ0) is 13.1. The summed E-state index contributed by atoms with van der Waals surface area (Å²) in [6.07, 6.45) is 2.05. The number of aliphatic imine (C=N–C) groups is 1. The summed E-state index contributed by atoms with van der Waals surface area (Å²) in [5, 5.41) is 0.864. The first-order valence-corrected chi connectivity index (χ1v) is 7.76. The van der Waals surface area contributed by atoms with Crippen LogP contribution in [-0.4, -0.2) is 34.9 Å². The number of rotatable bonds is 3. The lowest BCUT2D eigenvalue weighted by Gasteiger charge is -2.03. The van der Waals surface area contributed by atoms with Crippen LogP contribution < -0.4 is 0 Å². The predicted octanol–water partition coefficient (Wildman–Crippen LogP) is 3.03. The second kappa shape index (κ2) is 6.16. The van der Waals surface area contributed by atoms with Crippen LogP contribution in [-0.2, 0) is 9.53 Å². The van der Waals surface area contributed by atoms with Crippen molar-refractivity contribution in [1.82, 2.24) is 4.98 Å². The monoisotopic (exact) mass is 392 g/mol. The van der Waals surface area contributed by atoms with Gasteiger partial charge < -0.3 is 4.74 Å². The highest BCUT2D eigenvalue weighted by Crippen LogP contribution is 2.29. The maximum atomic E-state index is 11.2. The number of aromatic nitrogens is 1. The van der Waals surface area contributed by atoms with Crippen molar-refractivity contribution in [3.63, 3.8) is 0 Å². The highest BCUT2D eigenvalue weighted by Gasteiger charge is 2.24. The number of pyridine rings is 1. The quantitative estimate of drug-likeness (QED) is 0.740. The van der Waals surface area contributed by atoms with E-state index in [1.165, 1.54) is 7.11 Å². The topological polar surface area (TPSA) is 51.5 Å². The van der Waals surface area contributed by atoms with E-state index in [-0.39, 0.29) is 12.0 Å². The van der Waals surface area contributed by atoms with Gasteiger partial charge in [0.05, 0.1) is 19.6 Å². The molecule has 0 aromatic carbocycles. The van der Waals surface area contributed by atoms with Gasteiger partial charge in [-0.25, -0.2) is 0 Å². The first-order valence-electron chi connectivity index (χ1n) is 5.19. The van der Waals surface area contributed by atoms with Crippen molar-refractivity contribution in [2.24, 2.45) is 4.99 Å². The van der Waals surface area contributed by atoms with Crippen molar-refractivity contribution >= 4 is 54.6 Å². The van der Waals surface area contributed by atoms with E-state index in [4.69, 9.17) is 0 Å². The zero-order valence-electron chi connectivity index (χ0n) is 9.52. The van der Waals surface area contributed by atoms with Crippen LogP contribution in [0.3, 0.4) is 0 Å². The summed E-state index contributed by atoms with van der Waals surface area (Å²) < 4.78 is 6.44. The molecule has 7 heteroatoms. The number of carbonyl (C=O) groups is 1. The van der Waals surface area contributed by atoms with E-state index in [1.807, 2.05) is 6.07 Å². The summed E-state index contributed by atoms with van der Waals surface area (Å²) in [4.78, 5) is 20.0. The van der Waals surface area contributed by atoms with Crippen molar-refractivity contribution < 1.29 is 9.53 Å². The number of carbonyl (C=O) groups excluding carboxylic acids is 1. The predicted molar refractivity (Wildman–Crippen MR) is 79.1 cm³/mol. The third-order valence-corrected chi connectivity index (χ3v) is 4.51. The number of methoxy groups -OCH3 is 1. The van der Waals surface area contributed by atoms with Gasteiger partial charge >= 0.3 is 5.97 Å². The molecule has 1 aliphatic rings. The fourth-order valence-corrected chi connectivity index (χ4v) is 3.87. The van der Waals surface area contributed by atoms with Crippen LogP contribution >= 0.6 is 43.6 Å². The van der Waals surface area contributed by atoms with Gasteiger partial charge in [0.1, 0.15) is 10.7 Å².